The summed E-state index contributed by atoms with van der Waals surface area (Å²) in [6.45, 7) is 8.23. The third kappa shape index (κ3) is 7.45. The Morgan fingerprint density at radius 2 is 2.07 bits per heavy atom. The van der Waals surface area contributed by atoms with Gasteiger partial charge in [0.15, 0.2) is 5.96 Å². The molecule has 0 bridgehead atoms. The van der Waals surface area contributed by atoms with E-state index in [1.807, 2.05) is 25.1 Å². The summed E-state index contributed by atoms with van der Waals surface area (Å²) in [5, 5.41) is 12.3. The van der Waals surface area contributed by atoms with Crippen LogP contribution >= 0.6 is 35.3 Å². The first-order valence-electron chi connectivity index (χ1n) is 8.81. The van der Waals surface area contributed by atoms with Gasteiger partial charge in [0.05, 0.1) is 18.8 Å². The fourth-order valence-corrected chi connectivity index (χ4v) is 3.19. The van der Waals surface area contributed by atoms with Crippen molar-refractivity contribution in [2.24, 2.45) is 4.99 Å². The highest BCUT2D eigenvalue weighted by Crippen LogP contribution is 2.17. The van der Waals surface area contributed by atoms with Crippen LogP contribution < -0.4 is 16.0 Å². The van der Waals surface area contributed by atoms with Gasteiger partial charge in [-0.2, -0.15) is 0 Å². The van der Waals surface area contributed by atoms with Crippen molar-refractivity contribution in [1.82, 2.24) is 20.9 Å². The minimum Gasteiger partial charge on any atom is -0.357 e. The molecule has 0 spiro atoms. The first-order valence-corrected chi connectivity index (χ1v) is 9.69. The zero-order chi connectivity index (χ0) is 18.9. The quantitative estimate of drug-likeness (QED) is 0.309. The molecule has 2 rings (SSSR count). The molecule has 1 aromatic heterocycles. The fraction of sp³-hybridized carbons (Fsp3) is 0.421. The van der Waals surface area contributed by atoms with E-state index in [0.717, 1.165) is 28.8 Å². The van der Waals surface area contributed by atoms with E-state index < -0.39 is 0 Å². The molecule has 0 unspecified atom stereocenters. The molecule has 0 aliphatic heterocycles. The topological polar surface area (TPSA) is 78.4 Å². The lowest BCUT2D eigenvalue weighted by Gasteiger charge is -2.10. The van der Waals surface area contributed by atoms with E-state index in [1.165, 1.54) is 0 Å². The van der Waals surface area contributed by atoms with Gasteiger partial charge in [0.1, 0.15) is 5.01 Å². The number of rotatable bonds is 7. The van der Waals surface area contributed by atoms with E-state index in [2.05, 4.69) is 45.2 Å². The highest BCUT2D eigenvalue weighted by atomic mass is 127. The van der Waals surface area contributed by atoms with E-state index in [9.17, 15) is 4.79 Å². The van der Waals surface area contributed by atoms with Crippen LogP contribution in [-0.2, 0) is 13.1 Å². The summed E-state index contributed by atoms with van der Waals surface area (Å²) in [5.41, 5.74) is 2.75. The standard InChI is InChI=1S/C19H27N5OS.HI/c1-5-21-19(23-11-17-24-16(12-26-17)13(2)3)22-10-14-7-6-8-15(9-14)18(25)20-4;/h6-9,12-13H,5,10-11H2,1-4H3,(H,20,25)(H2,21,22,23);1H. The van der Waals surface area contributed by atoms with E-state index in [1.54, 1.807) is 24.5 Å². The zero-order valence-electron chi connectivity index (χ0n) is 16.2. The molecular formula is C19H28IN5OS. The Hall–Kier alpha value is -1.68. The summed E-state index contributed by atoms with van der Waals surface area (Å²) in [4.78, 5) is 21.0. The molecule has 27 heavy (non-hydrogen) atoms. The number of hydrogen-bond acceptors (Lipinski definition) is 4. The number of halogens is 1. The maximum absolute atomic E-state index is 11.7. The molecule has 2 aromatic rings. The van der Waals surface area contributed by atoms with Crippen molar-refractivity contribution < 1.29 is 4.79 Å². The van der Waals surface area contributed by atoms with Gasteiger partial charge < -0.3 is 16.0 Å². The molecule has 0 saturated carbocycles. The van der Waals surface area contributed by atoms with Gasteiger partial charge in [0, 0.05) is 24.5 Å². The van der Waals surface area contributed by atoms with Gasteiger partial charge in [-0.05, 0) is 30.5 Å². The molecular weight excluding hydrogens is 473 g/mol. The molecule has 8 heteroatoms. The Morgan fingerprint density at radius 1 is 1.30 bits per heavy atom. The number of amides is 1. The first-order chi connectivity index (χ1) is 12.5. The van der Waals surface area contributed by atoms with Crippen LogP contribution in [0.4, 0.5) is 0 Å². The van der Waals surface area contributed by atoms with Gasteiger partial charge in [0.25, 0.3) is 5.91 Å². The summed E-state index contributed by atoms with van der Waals surface area (Å²) in [7, 11) is 1.63. The fourth-order valence-electron chi connectivity index (χ4n) is 2.30. The number of aliphatic imine (C=N–C) groups is 1. The lowest BCUT2D eigenvalue weighted by molar-refractivity contribution is 0.0963. The smallest absolute Gasteiger partial charge is 0.251 e. The minimum absolute atomic E-state index is 0. The predicted molar refractivity (Wildman–Crippen MR) is 123 cm³/mol. The maximum Gasteiger partial charge on any atom is 0.251 e. The van der Waals surface area contributed by atoms with Gasteiger partial charge in [-0.15, -0.1) is 35.3 Å². The Kier molecular flexibility index (Phi) is 10.3. The second-order valence-electron chi connectivity index (χ2n) is 6.15. The predicted octanol–water partition coefficient (Wildman–Crippen LogP) is 3.50. The molecule has 0 aliphatic rings. The number of aromatic nitrogens is 1. The molecule has 0 radical (unpaired) electrons. The maximum atomic E-state index is 11.7. The second-order valence-corrected chi connectivity index (χ2v) is 7.09. The molecule has 0 atom stereocenters. The number of guanidine groups is 1. The molecule has 3 N–H and O–H groups in total. The summed E-state index contributed by atoms with van der Waals surface area (Å²) in [5.74, 6) is 1.08. The van der Waals surface area contributed by atoms with Crippen molar-refractivity contribution in [3.05, 3.63) is 51.5 Å². The van der Waals surface area contributed by atoms with Crippen molar-refractivity contribution in [1.29, 1.82) is 0 Å². The average Bonchev–Trinajstić information content (AvgIpc) is 3.13. The van der Waals surface area contributed by atoms with Crippen LogP contribution in [0.15, 0.2) is 34.6 Å². The lowest BCUT2D eigenvalue weighted by Crippen LogP contribution is -2.36. The number of nitrogens with one attached hydrogen (secondary N) is 3. The Balaban J connectivity index is 0.00000364. The third-order valence-corrected chi connectivity index (χ3v) is 4.62. The number of carbonyl (C=O) groups is 1. The van der Waals surface area contributed by atoms with Gasteiger partial charge in [-0.1, -0.05) is 26.0 Å². The largest absolute Gasteiger partial charge is 0.357 e. The van der Waals surface area contributed by atoms with Crippen molar-refractivity contribution in [3.63, 3.8) is 0 Å². The van der Waals surface area contributed by atoms with Crippen molar-refractivity contribution >= 4 is 47.2 Å². The molecule has 1 aromatic carbocycles. The Labute approximate surface area is 182 Å². The summed E-state index contributed by atoms with van der Waals surface area (Å²) >= 11 is 1.66. The van der Waals surface area contributed by atoms with Gasteiger partial charge >= 0.3 is 0 Å². The van der Waals surface area contributed by atoms with Crippen LogP contribution in [0.25, 0.3) is 0 Å². The van der Waals surface area contributed by atoms with Gasteiger partial charge in [-0.25, -0.2) is 9.98 Å². The van der Waals surface area contributed by atoms with Crippen LogP contribution in [0.2, 0.25) is 0 Å². The average molecular weight is 501 g/mol. The Morgan fingerprint density at radius 3 is 2.70 bits per heavy atom. The lowest BCUT2D eigenvalue weighted by atomic mass is 10.1. The van der Waals surface area contributed by atoms with Crippen LogP contribution in [0.3, 0.4) is 0 Å². The molecule has 0 fully saturated rings. The van der Waals surface area contributed by atoms with Crippen molar-refractivity contribution in [2.45, 2.75) is 39.8 Å². The van der Waals surface area contributed by atoms with Crippen LogP contribution in [0, 0.1) is 0 Å². The number of benzene rings is 1. The third-order valence-electron chi connectivity index (χ3n) is 3.75. The number of thiazole rings is 1. The highest BCUT2D eigenvalue weighted by Gasteiger charge is 2.07. The van der Waals surface area contributed by atoms with E-state index in [0.29, 0.717) is 24.6 Å². The number of hydrogen-bond donors (Lipinski definition) is 3. The minimum atomic E-state index is -0.0920. The Bertz CT molecular complexity index is 760. The van der Waals surface area contributed by atoms with Gasteiger partial charge in [0.2, 0.25) is 0 Å². The summed E-state index contributed by atoms with van der Waals surface area (Å²) in [6, 6.07) is 7.50. The SMILES string of the molecule is CCNC(=NCc1cccc(C(=O)NC)c1)NCc1nc(C(C)C)cs1.I. The normalized spacial score (nSPS) is 11.1. The van der Waals surface area contributed by atoms with E-state index >= 15 is 0 Å². The summed E-state index contributed by atoms with van der Waals surface area (Å²) in [6.07, 6.45) is 0. The molecule has 0 saturated heterocycles. The molecule has 1 heterocycles. The number of carbonyl (C=O) groups excluding carboxylic acids is 1. The van der Waals surface area contributed by atoms with E-state index in [-0.39, 0.29) is 29.9 Å². The van der Waals surface area contributed by atoms with E-state index in [4.69, 9.17) is 0 Å². The zero-order valence-corrected chi connectivity index (χ0v) is 19.4. The molecule has 0 aliphatic carbocycles. The first kappa shape index (κ1) is 23.4. The van der Waals surface area contributed by atoms with Crippen LogP contribution in [-0.4, -0.2) is 30.4 Å². The van der Waals surface area contributed by atoms with Crippen molar-refractivity contribution in [2.75, 3.05) is 13.6 Å². The second kappa shape index (κ2) is 11.9. The van der Waals surface area contributed by atoms with Crippen LogP contribution in [0.1, 0.15) is 53.3 Å². The molecule has 6 nitrogen and oxygen atoms in total. The monoisotopic (exact) mass is 501 g/mol. The van der Waals surface area contributed by atoms with Gasteiger partial charge in [-0.3, -0.25) is 4.79 Å². The number of nitrogens with zero attached hydrogens (tertiary/aromatic N) is 2. The van der Waals surface area contributed by atoms with Crippen LogP contribution in [0.5, 0.6) is 0 Å². The summed E-state index contributed by atoms with van der Waals surface area (Å²) < 4.78 is 0. The highest BCUT2D eigenvalue weighted by molar-refractivity contribution is 14.0. The van der Waals surface area contributed by atoms with Crippen molar-refractivity contribution in [3.8, 4) is 0 Å². The molecule has 148 valence electrons. The molecule has 1 amide bonds.